The van der Waals surface area contributed by atoms with E-state index in [9.17, 15) is 88.2 Å². The first kappa shape index (κ1) is 88.9. The summed E-state index contributed by atoms with van der Waals surface area (Å²) in [6, 6.07) is 27.9. The van der Waals surface area contributed by atoms with E-state index in [4.69, 9.17) is 18.9 Å². The second-order valence-corrected chi connectivity index (χ2v) is 31.3. The Labute approximate surface area is 681 Å². The minimum absolute atomic E-state index is 0.106. The fourth-order valence-corrected chi connectivity index (χ4v) is 15.1. The Morgan fingerprint density at radius 1 is 0.415 bits per heavy atom. The molecule has 3 unspecified atom stereocenters. The van der Waals surface area contributed by atoms with Crippen LogP contribution in [0.5, 0.6) is 17.2 Å². The van der Waals surface area contributed by atoms with Crippen LogP contribution >= 0.6 is 0 Å². The molecule has 0 aliphatic carbocycles. The number of ether oxygens (including phenoxy) is 4. The van der Waals surface area contributed by atoms with Crippen LogP contribution in [0.25, 0.3) is 0 Å². The summed E-state index contributed by atoms with van der Waals surface area (Å²) < 4.78 is 21.4. The van der Waals surface area contributed by atoms with E-state index in [2.05, 4.69) is 52.2 Å². The van der Waals surface area contributed by atoms with Crippen LogP contribution < -0.4 is 37.2 Å². The quantitative estimate of drug-likeness (QED) is 0.0652. The van der Waals surface area contributed by atoms with Crippen molar-refractivity contribution in [3.8, 4) is 17.2 Å². The maximum Gasteiger partial charge on any atom is 0.312 e. The topological polar surface area (TPSA) is 489 Å². The van der Waals surface area contributed by atoms with Gasteiger partial charge in [0.25, 0.3) is 17.7 Å². The summed E-state index contributed by atoms with van der Waals surface area (Å²) >= 11 is 0. The van der Waals surface area contributed by atoms with Crippen molar-refractivity contribution in [3.63, 3.8) is 0 Å². The molecule has 630 valence electrons. The molecule has 33 heteroatoms. The van der Waals surface area contributed by atoms with Gasteiger partial charge in [-0.1, -0.05) is 126 Å². The third-order valence-corrected chi connectivity index (χ3v) is 22.5. The van der Waals surface area contributed by atoms with Crippen molar-refractivity contribution in [2.75, 3.05) is 46.7 Å². The highest BCUT2D eigenvalue weighted by Gasteiger charge is 2.48. The number of benzene rings is 3. The monoisotopic (exact) mass is 1630 g/mol. The number of aromatic nitrogens is 3. The molecule has 6 aliphatic rings. The van der Waals surface area contributed by atoms with Crippen molar-refractivity contribution in [2.24, 2.45) is 53.3 Å². The molecule has 118 heavy (non-hydrogen) atoms. The summed E-state index contributed by atoms with van der Waals surface area (Å²) in [4.78, 5) is 173. The van der Waals surface area contributed by atoms with E-state index in [-0.39, 0.29) is 115 Å². The van der Waals surface area contributed by atoms with Crippen molar-refractivity contribution in [1.82, 2.24) is 57.1 Å². The van der Waals surface area contributed by atoms with Crippen LogP contribution in [0.4, 0.5) is 0 Å². The highest BCUT2D eigenvalue weighted by Crippen LogP contribution is 2.31. The molecular formula is C85H103N11O22. The van der Waals surface area contributed by atoms with E-state index in [0.717, 1.165) is 16.7 Å². The lowest BCUT2D eigenvalue weighted by atomic mass is 9.84. The Kier molecular flexibility index (Phi) is 30.9. The summed E-state index contributed by atoms with van der Waals surface area (Å²) in [5, 5.41) is 83.3. The third-order valence-electron chi connectivity index (χ3n) is 22.5. The Morgan fingerprint density at radius 2 is 0.754 bits per heavy atom. The molecule has 6 saturated heterocycles. The average molecular weight is 1630 g/mol. The molecule has 3 aromatic heterocycles. The predicted octanol–water partition coefficient (Wildman–Crippen LogP) is 1.82. The Balaban J connectivity index is 0.000000186. The summed E-state index contributed by atoms with van der Waals surface area (Å²) in [5.41, 5.74) is 1.67. The van der Waals surface area contributed by atoms with Crippen LogP contribution in [0.3, 0.4) is 0 Å². The number of aliphatic hydroxyl groups excluding tert-OH is 3. The third kappa shape index (κ3) is 22.4. The molecule has 0 bridgehead atoms. The number of ketones is 3. The second kappa shape index (κ2) is 41.1. The van der Waals surface area contributed by atoms with Crippen LogP contribution in [-0.4, -0.2) is 241 Å². The molecule has 6 aromatic rings. The van der Waals surface area contributed by atoms with Crippen LogP contribution in [-0.2, 0) is 81.4 Å². The van der Waals surface area contributed by atoms with Crippen LogP contribution in [0.2, 0.25) is 0 Å². The zero-order valence-corrected chi connectivity index (χ0v) is 66.5. The molecule has 12 rings (SSSR count). The highest BCUT2D eigenvalue weighted by atomic mass is 16.6. The van der Waals surface area contributed by atoms with E-state index in [1.165, 1.54) is 66.8 Å². The van der Waals surface area contributed by atoms with Crippen molar-refractivity contribution in [1.29, 1.82) is 0 Å². The molecule has 6 aliphatic heterocycles. The van der Waals surface area contributed by atoms with Crippen LogP contribution in [0.1, 0.15) is 109 Å². The van der Waals surface area contributed by atoms with Gasteiger partial charge in [-0.05, 0) is 97.0 Å². The molecule has 9 heterocycles. The molecule has 13 N–H and O–H groups in total. The fraction of sp³-hybridized carbons (Fsp3) is 0.471. The van der Waals surface area contributed by atoms with Gasteiger partial charge in [0, 0.05) is 56.7 Å². The first-order chi connectivity index (χ1) is 56.4. The number of aromatic hydroxyl groups is 3. The molecule has 3 aromatic carbocycles. The first-order valence-electron chi connectivity index (χ1n) is 39.4. The van der Waals surface area contributed by atoms with Gasteiger partial charge < -0.3 is 91.7 Å². The number of nitrogens with one attached hydrogen (secondary N) is 7. The number of hydrogen-bond donors (Lipinski definition) is 13. The number of carbonyl (C=O) groups is 12. The van der Waals surface area contributed by atoms with Gasteiger partial charge in [0.15, 0.2) is 40.5 Å². The number of Topliss-reactive ketones (excluding diaryl/α,β-unsaturated/α-hetero) is 3. The minimum Gasteiger partial charge on any atom is -0.505 e. The van der Waals surface area contributed by atoms with E-state index in [0.29, 0.717) is 26.4 Å². The molecule has 8 amide bonds. The Hall–Kier alpha value is -11.5. The minimum atomic E-state index is -1.36. The van der Waals surface area contributed by atoms with Crippen molar-refractivity contribution in [3.05, 3.63) is 180 Å². The Bertz CT molecular complexity index is 4350. The smallest absolute Gasteiger partial charge is 0.312 e. The number of amides is 8. The van der Waals surface area contributed by atoms with E-state index in [1.807, 2.05) is 91.0 Å². The van der Waals surface area contributed by atoms with Crippen molar-refractivity contribution >= 4 is 70.6 Å². The van der Waals surface area contributed by atoms with Gasteiger partial charge in [0.1, 0.15) is 35.4 Å². The molecular weight excluding hydrogens is 1530 g/mol. The zero-order chi connectivity index (χ0) is 85.2. The summed E-state index contributed by atoms with van der Waals surface area (Å²) in [7, 11) is 1.55. The number of pyridine rings is 3. The maximum absolute atomic E-state index is 13.7. The Morgan fingerprint density at radius 3 is 1.10 bits per heavy atom. The van der Waals surface area contributed by atoms with E-state index >= 15 is 0 Å². The van der Waals surface area contributed by atoms with Gasteiger partial charge in [-0.3, -0.25) is 57.5 Å². The molecule has 6 fully saturated rings. The number of hydrogen-bond acceptors (Lipinski definition) is 25. The van der Waals surface area contributed by atoms with Gasteiger partial charge in [-0.15, -0.1) is 0 Å². The van der Waals surface area contributed by atoms with Gasteiger partial charge in [0.05, 0.1) is 112 Å². The van der Waals surface area contributed by atoms with Crippen LogP contribution in [0.15, 0.2) is 146 Å². The lowest BCUT2D eigenvalue weighted by molar-refractivity contribution is -0.177. The highest BCUT2D eigenvalue weighted by molar-refractivity contribution is 6.01. The van der Waals surface area contributed by atoms with Crippen LogP contribution in [0, 0.1) is 53.3 Å². The normalized spacial score (nSPS) is 28.7. The van der Waals surface area contributed by atoms with Gasteiger partial charge in [0.2, 0.25) is 29.5 Å². The molecule has 0 radical (unpaired) electrons. The SMILES string of the molecule is C[C@H]1CC(=O)C(C2COC2)N(C)C(=O)[C@H](C)[C@H](O)[C@H](Cc2ccccc2)NC(=O)[C@H]1NC(=O)c1ncccc1O.C[C@H]1CC(=O)C(C2COC2)NC(=O)[C@H](C)[C@H](O)[C@H](Cc2ccccc2)NC(=O)[C@H]1NC(=O)c1ncccc1O.C[C@H]1CC(=O)C(C2COC2)OC(=O)[C@H](C)[C@H](O)[C@H](Cc2ccccc2)NC(=O)[C@H]1NC(=O)c1ncccc1O. The molecule has 33 nitrogen and oxygen atoms in total. The number of nitrogens with zero attached hydrogens (tertiary/aromatic N) is 4. The van der Waals surface area contributed by atoms with E-state index < -0.39 is 167 Å². The average Bonchev–Trinajstić information content (AvgIpc) is 0.488. The lowest BCUT2D eigenvalue weighted by Gasteiger charge is -2.41. The molecule has 18 atom stereocenters. The van der Waals surface area contributed by atoms with Gasteiger partial charge in [-0.25, -0.2) is 15.0 Å². The van der Waals surface area contributed by atoms with E-state index in [1.54, 1.807) is 41.7 Å². The zero-order valence-electron chi connectivity index (χ0n) is 66.5. The van der Waals surface area contributed by atoms with Crippen molar-refractivity contribution in [2.45, 2.75) is 153 Å². The predicted molar refractivity (Wildman–Crippen MR) is 421 cm³/mol. The summed E-state index contributed by atoms with van der Waals surface area (Å²) in [6.45, 7) is 11.2. The largest absolute Gasteiger partial charge is 0.505 e. The second-order valence-electron chi connectivity index (χ2n) is 31.3. The first-order valence-corrected chi connectivity index (χ1v) is 39.4. The standard InChI is InChI=1S/C29H36N4O7.C28H34N4O7.C28H33N3O8/c1-16-12-22(35)25(19-14-40-15-19)33(3)29(39)17(2)26(36)20(13-18-8-5-4-6-9-18)31-27(37)23(16)32-28(38)24-21(34)10-7-11-30-24;1-15-11-21(34)23(18-13-39-14-18)32-26(36)16(2)25(35)19(12-17-7-4-3-5-8-17)30-27(37)22(15)31-28(38)24-20(33)9-6-10-29-24;1-15-11-21(33)25(18-13-38-14-18)39-28(37)16(2)24(34)19(12-17-7-4-3-5-8-17)30-26(35)22(15)31-27(36)23-20(32)9-6-10-29-23/h4-11,16-17,19-20,23,25-26,34,36H,12-15H2,1-3H3,(H,31,37)(H,32,38);3-10,15-16,18-19,22-23,25,33,35H,11-14H2,1-2H3,(H,30,37)(H,31,38)(H,32,36);3-10,15-16,18-19,22,24-25,32,34H,11-14H2,1-2H3,(H,30,35)(H,31,36)/t16-,17+,20-,23-,25?,26-;15-,16+,19-,22-,23?,25-;15-,16+,19-,22-,24-,25?/m000/s1. The number of cyclic esters (lactones) is 1. The fourth-order valence-electron chi connectivity index (χ4n) is 15.1. The molecule has 0 saturated carbocycles. The number of likely N-dealkylation sites (N-methyl/N-ethyl adjacent to an activating group) is 1. The van der Waals surface area contributed by atoms with Crippen molar-refractivity contribution < 1.29 is 107 Å². The number of esters is 1. The van der Waals surface area contributed by atoms with Gasteiger partial charge in [-0.2, -0.15) is 0 Å². The summed E-state index contributed by atoms with van der Waals surface area (Å²) in [5.74, 6) is -13.9. The lowest BCUT2D eigenvalue weighted by Crippen LogP contribution is -2.60. The number of rotatable bonds is 15. The number of carbonyl (C=O) groups excluding carboxylic acids is 12. The van der Waals surface area contributed by atoms with Gasteiger partial charge >= 0.3 is 5.97 Å². The maximum atomic E-state index is 13.7. The summed E-state index contributed by atoms with van der Waals surface area (Å²) in [6.07, 6.45) is -0.803. The molecule has 0 spiro atoms. The number of aliphatic hydroxyl groups is 3.